The number of rotatable bonds is 6. The lowest BCUT2D eigenvalue weighted by atomic mass is 10.1. The molecule has 4 N–H and O–H groups in total. The highest BCUT2D eigenvalue weighted by atomic mass is 16.6. The quantitative estimate of drug-likeness (QED) is 0.544. The van der Waals surface area contributed by atoms with E-state index in [0.717, 1.165) is 12.1 Å². The second-order valence-corrected chi connectivity index (χ2v) is 7.21. The third-order valence-electron chi connectivity index (χ3n) is 2.90. The zero-order valence-corrected chi connectivity index (χ0v) is 15.2. The van der Waals surface area contributed by atoms with Crippen LogP contribution in [0.4, 0.5) is 4.79 Å². The van der Waals surface area contributed by atoms with E-state index in [9.17, 15) is 4.79 Å². The number of carbonyl (C=O) groups is 1. The van der Waals surface area contributed by atoms with Crippen molar-refractivity contribution in [2.24, 2.45) is 10.7 Å². The molecule has 0 aliphatic heterocycles. The number of alkyl carbamates (subject to hydrolysis) is 1. The summed E-state index contributed by atoms with van der Waals surface area (Å²) in [5.74, 6) is 0.338. The summed E-state index contributed by atoms with van der Waals surface area (Å²) in [5, 5.41) is 5.83. The third kappa shape index (κ3) is 8.97. The largest absolute Gasteiger partial charge is 0.444 e. The number of hydrogen-bond acceptors (Lipinski definition) is 4. The number of aromatic nitrogens is 1. The monoisotopic (exact) mass is 335 g/mol. The highest BCUT2D eigenvalue weighted by molar-refractivity contribution is 5.78. The number of guanidine groups is 1. The molecular weight excluding hydrogens is 306 g/mol. The van der Waals surface area contributed by atoms with Crippen LogP contribution in [0.25, 0.3) is 0 Å². The first-order valence-corrected chi connectivity index (χ1v) is 8.02. The van der Waals surface area contributed by atoms with E-state index in [1.54, 1.807) is 6.20 Å². The van der Waals surface area contributed by atoms with Gasteiger partial charge in [0.2, 0.25) is 0 Å². The van der Waals surface area contributed by atoms with Crippen LogP contribution in [-0.4, -0.2) is 41.3 Å². The summed E-state index contributed by atoms with van der Waals surface area (Å²) in [6.45, 7) is 10.2. The van der Waals surface area contributed by atoms with Crippen molar-refractivity contribution < 1.29 is 9.53 Å². The Morgan fingerprint density at radius 3 is 2.58 bits per heavy atom. The minimum absolute atomic E-state index is 0.338. The first-order chi connectivity index (χ1) is 11.1. The predicted molar refractivity (Wildman–Crippen MR) is 95.9 cm³/mol. The van der Waals surface area contributed by atoms with Gasteiger partial charge in [-0.3, -0.25) is 9.98 Å². The average Bonchev–Trinajstić information content (AvgIpc) is 2.44. The molecule has 0 saturated heterocycles. The van der Waals surface area contributed by atoms with Gasteiger partial charge in [0.25, 0.3) is 0 Å². The molecule has 0 aromatic carbocycles. The molecule has 1 amide bonds. The zero-order chi connectivity index (χ0) is 18.2. The van der Waals surface area contributed by atoms with Crippen molar-refractivity contribution in [3.8, 4) is 0 Å². The number of nitrogens with two attached hydrogens (primary N) is 1. The fraction of sp³-hybridized carbons (Fsp3) is 0.588. The maximum Gasteiger partial charge on any atom is 0.408 e. The fourth-order valence-electron chi connectivity index (χ4n) is 1.82. The van der Waals surface area contributed by atoms with Gasteiger partial charge in [-0.05, 0) is 46.8 Å². The summed E-state index contributed by atoms with van der Waals surface area (Å²) >= 11 is 0. The minimum Gasteiger partial charge on any atom is -0.444 e. The lowest BCUT2D eigenvalue weighted by Crippen LogP contribution is -2.48. The van der Waals surface area contributed by atoms with Crippen LogP contribution < -0.4 is 16.4 Å². The number of pyridine rings is 1. The molecule has 0 spiro atoms. The number of nitrogens with one attached hydrogen (secondary N) is 2. The van der Waals surface area contributed by atoms with E-state index in [4.69, 9.17) is 10.5 Å². The molecule has 0 atom stereocenters. The SMILES string of the molecule is CC(C)(CN=C(N)NCCc1ccccn1)NC(=O)OC(C)(C)C. The number of hydrogen-bond donors (Lipinski definition) is 3. The van der Waals surface area contributed by atoms with Crippen LogP contribution >= 0.6 is 0 Å². The smallest absolute Gasteiger partial charge is 0.408 e. The number of amides is 1. The van der Waals surface area contributed by atoms with E-state index in [0.29, 0.717) is 19.0 Å². The molecule has 1 aromatic rings. The van der Waals surface area contributed by atoms with Crippen molar-refractivity contribution in [3.63, 3.8) is 0 Å². The summed E-state index contributed by atoms with van der Waals surface area (Å²) in [6, 6.07) is 5.79. The molecule has 0 unspecified atom stereocenters. The number of ether oxygens (including phenoxy) is 1. The number of carbonyl (C=O) groups excluding carboxylic acids is 1. The van der Waals surface area contributed by atoms with Crippen LogP contribution in [0.15, 0.2) is 29.4 Å². The van der Waals surface area contributed by atoms with E-state index in [-0.39, 0.29) is 0 Å². The number of aliphatic imine (C=N–C) groups is 1. The Morgan fingerprint density at radius 1 is 1.29 bits per heavy atom. The third-order valence-corrected chi connectivity index (χ3v) is 2.90. The molecule has 0 aliphatic rings. The van der Waals surface area contributed by atoms with Crippen molar-refractivity contribution >= 4 is 12.1 Å². The Hall–Kier alpha value is -2.31. The second-order valence-electron chi connectivity index (χ2n) is 7.21. The van der Waals surface area contributed by atoms with Crippen LogP contribution in [0.5, 0.6) is 0 Å². The van der Waals surface area contributed by atoms with Gasteiger partial charge in [0.15, 0.2) is 5.96 Å². The van der Waals surface area contributed by atoms with Gasteiger partial charge in [-0.15, -0.1) is 0 Å². The lowest BCUT2D eigenvalue weighted by molar-refractivity contribution is 0.0476. The van der Waals surface area contributed by atoms with Gasteiger partial charge in [-0.25, -0.2) is 4.79 Å². The molecule has 24 heavy (non-hydrogen) atoms. The van der Waals surface area contributed by atoms with Crippen LogP contribution in [-0.2, 0) is 11.2 Å². The topological polar surface area (TPSA) is 102 Å². The molecular formula is C17H29N5O2. The molecule has 0 radical (unpaired) electrons. The van der Waals surface area contributed by atoms with Gasteiger partial charge >= 0.3 is 6.09 Å². The first kappa shape index (κ1) is 19.7. The van der Waals surface area contributed by atoms with E-state index >= 15 is 0 Å². The van der Waals surface area contributed by atoms with Crippen molar-refractivity contribution in [3.05, 3.63) is 30.1 Å². The Bertz CT molecular complexity index is 550. The van der Waals surface area contributed by atoms with Crippen LogP contribution in [0.2, 0.25) is 0 Å². The normalized spacial score (nSPS) is 12.6. The van der Waals surface area contributed by atoms with Gasteiger partial charge in [0.1, 0.15) is 5.60 Å². The van der Waals surface area contributed by atoms with Gasteiger partial charge in [0.05, 0.1) is 12.1 Å². The highest BCUT2D eigenvalue weighted by Gasteiger charge is 2.24. The van der Waals surface area contributed by atoms with Crippen LogP contribution in [0, 0.1) is 0 Å². The van der Waals surface area contributed by atoms with E-state index in [2.05, 4.69) is 20.6 Å². The van der Waals surface area contributed by atoms with Crippen molar-refractivity contribution in [2.75, 3.05) is 13.1 Å². The van der Waals surface area contributed by atoms with Crippen molar-refractivity contribution in [1.29, 1.82) is 0 Å². The first-order valence-electron chi connectivity index (χ1n) is 8.02. The maximum absolute atomic E-state index is 11.8. The lowest BCUT2D eigenvalue weighted by Gasteiger charge is -2.27. The molecule has 1 rings (SSSR count). The average molecular weight is 335 g/mol. The second kappa shape index (κ2) is 8.52. The van der Waals surface area contributed by atoms with E-state index < -0.39 is 17.2 Å². The summed E-state index contributed by atoms with van der Waals surface area (Å²) in [5.41, 5.74) is 5.75. The fourth-order valence-corrected chi connectivity index (χ4v) is 1.82. The van der Waals surface area contributed by atoms with E-state index in [1.165, 1.54) is 0 Å². The Labute approximate surface area is 144 Å². The Balaban J connectivity index is 2.38. The molecule has 0 saturated carbocycles. The van der Waals surface area contributed by atoms with Crippen molar-refractivity contribution in [2.45, 2.75) is 52.2 Å². The van der Waals surface area contributed by atoms with E-state index in [1.807, 2.05) is 52.8 Å². The molecule has 0 fully saturated rings. The highest BCUT2D eigenvalue weighted by Crippen LogP contribution is 2.09. The summed E-state index contributed by atoms with van der Waals surface area (Å²) < 4.78 is 5.24. The minimum atomic E-state index is -0.560. The molecule has 0 bridgehead atoms. The Kier molecular flexibility index (Phi) is 7.00. The number of nitrogens with zero attached hydrogens (tertiary/aromatic N) is 2. The molecule has 134 valence electrons. The summed E-state index contributed by atoms with van der Waals surface area (Å²) in [7, 11) is 0. The van der Waals surface area contributed by atoms with Crippen LogP contribution in [0.1, 0.15) is 40.3 Å². The molecule has 1 heterocycles. The van der Waals surface area contributed by atoms with Gasteiger partial charge < -0.3 is 21.1 Å². The maximum atomic E-state index is 11.8. The molecule has 7 heteroatoms. The predicted octanol–water partition coefficient (Wildman–Crippen LogP) is 1.83. The Morgan fingerprint density at radius 2 is 2.00 bits per heavy atom. The molecule has 1 aromatic heterocycles. The van der Waals surface area contributed by atoms with Gasteiger partial charge in [-0.2, -0.15) is 0 Å². The van der Waals surface area contributed by atoms with Gasteiger partial charge in [-0.1, -0.05) is 6.07 Å². The standard InChI is InChI=1S/C17H29N5O2/c1-16(2,3)24-15(23)22-17(4,5)12-21-14(18)20-11-9-13-8-6-7-10-19-13/h6-8,10H,9,11-12H2,1-5H3,(H,22,23)(H3,18,20,21). The van der Waals surface area contributed by atoms with Gasteiger partial charge in [0, 0.05) is 24.9 Å². The molecule has 7 nitrogen and oxygen atoms in total. The zero-order valence-electron chi connectivity index (χ0n) is 15.2. The van der Waals surface area contributed by atoms with Crippen molar-refractivity contribution in [1.82, 2.24) is 15.6 Å². The van der Waals surface area contributed by atoms with Crippen LogP contribution in [0.3, 0.4) is 0 Å². The molecule has 0 aliphatic carbocycles. The summed E-state index contributed by atoms with van der Waals surface area (Å²) in [4.78, 5) is 20.3. The summed E-state index contributed by atoms with van der Waals surface area (Å²) in [6.07, 6.45) is 2.05.